The smallest absolute Gasteiger partial charge is 0.318 e. The highest BCUT2D eigenvalue weighted by Crippen LogP contribution is 2.31. The number of aliphatic carboxylic acids is 1. The number of rotatable bonds is 8. The van der Waals surface area contributed by atoms with Crippen molar-refractivity contribution < 1.29 is 23.5 Å². The van der Waals surface area contributed by atoms with Crippen molar-refractivity contribution in [1.29, 1.82) is 0 Å². The summed E-state index contributed by atoms with van der Waals surface area (Å²) in [5.41, 5.74) is -0.0929. The number of halogens is 2. The second kappa shape index (κ2) is 8.21. The Hall–Kier alpha value is -2.22. The molecule has 0 saturated heterocycles. The number of benzene rings is 1. The van der Waals surface area contributed by atoms with E-state index in [1.165, 1.54) is 23.1 Å². The normalized spacial score (nSPS) is 21.6. The van der Waals surface area contributed by atoms with Crippen molar-refractivity contribution in [3.05, 3.63) is 35.4 Å². The zero-order valence-electron chi connectivity index (χ0n) is 15.3. The summed E-state index contributed by atoms with van der Waals surface area (Å²) in [6.45, 7) is 2.44. The van der Waals surface area contributed by atoms with E-state index < -0.39 is 17.6 Å². The van der Waals surface area contributed by atoms with Gasteiger partial charge in [-0.1, -0.05) is 13.0 Å². The highest BCUT2D eigenvalue weighted by molar-refractivity contribution is 5.75. The Bertz CT molecular complexity index is 685. The average Bonchev–Trinajstić information content (AvgIpc) is 3.40. The first-order valence-electron chi connectivity index (χ1n) is 9.34. The fourth-order valence-electron chi connectivity index (χ4n) is 3.54. The minimum Gasteiger partial charge on any atom is -0.480 e. The number of urea groups is 1. The quantitative estimate of drug-likeness (QED) is 0.726. The maximum absolute atomic E-state index is 13.9. The summed E-state index contributed by atoms with van der Waals surface area (Å²) in [4.78, 5) is 26.9. The first kappa shape index (κ1) is 19.5. The number of hydrogen-bond donors (Lipinski definition) is 2. The molecule has 27 heavy (non-hydrogen) atoms. The van der Waals surface area contributed by atoms with Gasteiger partial charge in [0.05, 0.1) is 13.1 Å². The number of carboxylic acids is 1. The van der Waals surface area contributed by atoms with Crippen molar-refractivity contribution in [1.82, 2.24) is 15.1 Å². The third kappa shape index (κ3) is 4.74. The van der Waals surface area contributed by atoms with E-state index in [0.29, 0.717) is 19.4 Å². The second-order valence-electron chi connectivity index (χ2n) is 7.29. The van der Waals surface area contributed by atoms with E-state index in [2.05, 4.69) is 5.32 Å². The lowest BCUT2D eigenvalue weighted by atomic mass is 9.85. The fourth-order valence-corrected chi connectivity index (χ4v) is 3.54. The predicted molar refractivity (Wildman–Crippen MR) is 95.1 cm³/mol. The zero-order chi connectivity index (χ0) is 19.6. The molecule has 0 aliphatic heterocycles. The molecule has 8 heteroatoms. The number of carboxylic acid groups (broad SMARTS) is 1. The van der Waals surface area contributed by atoms with Crippen LogP contribution in [-0.4, -0.2) is 58.1 Å². The van der Waals surface area contributed by atoms with Crippen LogP contribution in [0.15, 0.2) is 18.2 Å². The van der Waals surface area contributed by atoms with Crippen molar-refractivity contribution >= 4 is 12.0 Å². The summed E-state index contributed by atoms with van der Waals surface area (Å²) >= 11 is 0. The van der Waals surface area contributed by atoms with Gasteiger partial charge in [-0.3, -0.25) is 9.69 Å². The molecule has 0 atom stereocenters. The van der Waals surface area contributed by atoms with Gasteiger partial charge in [-0.15, -0.1) is 0 Å². The van der Waals surface area contributed by atoms with E-state index in [4.69, 9.17) is 5.11 Å². The minimum atomic E-state index is -0.865. The molecule has 2 N–H and O–H groups in total. The lowest BCUT2D eigenvalue weighted by Gasteiger charge is -2.42. The molecule has 2 aliphatic rings. The molecule has 148 valence electrons. The van der Waals surface area contributed by atoms with E-state index in [1.807, 2.05) is 11.8 Å². The van der Waals surface area contributed by atoms with Gasteiger partial charge in [0.15, 0.2) is 0 Å². The molecule has 2 aliphatic carbocycles. The molecule has 2 amide bonds. The van der Waals surface area contributed by atoms with Crippen LogP contribution in [0.2, 0.25) is 0 Å². The molecule has 1 aromatic rings. The molecule has 0 aromatic heterocycles. The van der Waals surface area contributed by atoms with Crippen LogP contribution in [-0.2, 0) is 11.3 Å². The lowest BCUT2D eigenvalue weighted by Crippen LogP contribution is -2.57. The van der Waals surface area contributed by atoms with E-state index in [9.17, 15) is 18.4 Å². The van der Waals surface area contributed by atoms with Crippen LogP contribution in [0.4, 0.5) is 13.6 Å². The molecule has 0 bridgehead atoms. The Balaban J connectivity index is 1.56. The van der Waals surface area contributed by atoms with Crippen molar-refractivity contribution in [2.75, 3.05) is 13.1 Å². The molecule has 0 spiro atoms. The minimum absolute atomic E-state index is 0.0113. The van der Waals surface area contributed by atoms with Crippen molar-refractivity contribution in [2.45, 2.75) is 57.3 Å². The summed E-state index contributed by atoms with van der Waals surface area (Å²) in [5.74, 6) is -2.16. The molecular weight excluding hydrogens is 356 g/mol. The Morgan fingerprint density at radius 3 is 2.33 bits per heavy atom. The molecular formula is C19H25F2N3O3. The Kier molecular flexibility index (Phi) is 5.94. The molecule has 0 radical (unpaired) electrons. The zero-order valence-corrected chi connectivity index (χ0v) is 15.3. The Morgan fingerprint density at radius 1 is 1.19 bits per heavy atom. The number of hydrogen-bond acceptors (Lipinski definition) is 3. The molecule has 0 heterocycles. The summed E-state index contributed by atoms with van der Waals surface area (Å²) in [6.07, 6.45) is 3.02. The Labute approximate surface area is 157 Å². The van der Waals surface area contributed by atoms with Crippen LogP contribution in [0.1, 0.15) is 38.2 Å². The topological polar surface area (TPSA) is 72.9 Å². The SMILES string of the molecule is CCN(CC(=O)O)C1CC(NC(=O)N(Cc2c(F)cccc2F)C2CC2)C1. The van der Waals surface area contributed by atoms with Crippen LogP contribution in [0.5, 0.6) is 0 Å². The Morgan fingerprint density at radius 2 is 1.81 bits per heavy atom. The number of likely N-dealkylation sites (N-methyl/N-ethyl adjacent to an activating group) is 1. The largest absolute Gasteiger partial charge is 0.480 e. The van der Waals surface area contributed by atoms with Crippen LogP contribution >= 0.6 is 0 Å². The summed E-state index contributed by atoms with van der Waals surface area (Å²) < 4.78 is 27.9. The monoisotopic (exact) mass is 381 g/mol. The van der Waals surface area contributed by atoms with Crippen molar-refractivity contribution in [3.63, 3.8) is 0 Å². The molecule has 1 aromatic carbocycles. The second-order valence-corrected chi connectivity index (χ2v) is 7.29. The van der Waals surface area contributed by atoms with E-state index in [1.54, 1.807) is 0 Å². The van der Waals surface area contributed by atoms with Crippen molar-refractivity contribution in [3.8, 4) is 0 Å². The van der Waals surface area contributed by atoms with Crippen LogP contribution < -0.4 is 5.32 Å². The third-order valence-electron chi connectivity index (χ3n) is 5.34. The van der Waals surface area contributed by atoms with Gasteiger partial charge < -0.3 is 15.3 Å². The van der Waals surface area contributed by atoms with Gasteiger partial charge >= 0.3 is 12.0 Å². The van der Waals surface area contributed by atoms with Gasteiger partial charge in [0.1, 0.15) is 11.6 Å². The fraction of sp³-hybridized carbons (Fsp3) is 0.579. The highest BCUT2D eigenvalue weighted by Gasteiger charge is 2.38. The molecule has 3 rings (SSSR count). The van der Waals surface area contributed by atoms with Gasteiger partial charge in [0.25, 0.3) is 0 Å². The molecule has 0 unspecified atom stereocenters. The number of carbonyl (C=O) groups is 2. The van der Waals surface area contributed by atoms with Crippen LogP contribution in [0, 0.1) is 11.6 Å². The van der Waals surface area contributed by atoms with E-state index in [-0.39, 0.29) is 42.8 Å². The molecule has 2 saturated carbocycles. The number of nitrogens with zero attached hydrogens (tertiary/aromatic N) is 2. The lowest BCUT2D eigenvalue weighted by molar-refractivity contribution is -0.139. The van der Waals surface area contributed by atoms with Crippen LogP contribution in [0.25, 0.3) is 0 Å². The van der Waals surface area contributed by atoms with Gasteiger partial charge in [-0.05, 0) is 44.4 Å². The van der Waals surface area contributed by atoms with Gasteiger partial charge in [-0.25, -0.2) is 13.6 Å². The standard InChI is InChI=1S/C19H25F2N3O3/c1-2-23(11-18(25)26)14-8-12(9-14)22-19(27)24(13-6-7-13)10-15-16(20)4-3-5-17(15)21/h3-5,12-14H,2,6-11H2,1H3,(H,22,27)(H,25,26). The molecule has 6 nitrogen and oxygen atoms in total. The number of amides is 2. The first-order valence-corrected chi connectivity index (χ1v) is 9.34. The highest BCUT2D eigenvalue weighted by atomic mass is 19.1. The summed E-state index contributed by atoms with van der Waals surface area (Å²) in [7, 11) is 0. The summed E-state index contributed by atoms with van der Waals surface area (Å²) in [5, 5.41) is 11.9. The first-order chi connectivity index (χ1) is 12.9. The van der Waals surface area contributed by atoms with Gasteiger partial charge in [0.2, 0.25) is 0 Å². The average molecular weight is 381 g/mol. The van der Waals surface area contributed by atoms with Crippen molar-refractivity contribution in [2.24, 2.45) is 0 Å². The van der Waals surface area contributed by atoms with Crippen LogP contribution in [0.3, 0.4) is 0 Å². The van der Waals surface area contributed by atoms with Gasteiger partial charge in [0, 0.05) is 23.7 Å². The maximum Gasteiger partial charge on any atom is 0.318 e. The van der Waals surface area contributed by atoms with Gasteiger partial charge in [-0.2, -0.15) is 0 Å². The predicted octanol–water partition coefficient (Wildman–Crippen LogP) is 2.58. The number of carbonyl (C=O) groups excluding carboxylic acids is 1. The maximum atomic E-state index is 13.9. The van der Waals surface area contributed by atoms with E-state index in [0.717, 1.165) is 12.8 Å². The molecule has 2 fully saturated rings. The summed E-state index contributed by atoms with van der Waals surface area (Å²) in [6, 6.07) is 3.48. The number of nitrogens with one attached hydrogen (secondary N) is 1. The van der Waals surface area contributed by atoms with E-state index >= 15 is 0 Å². The third-order valence-corrected chi connectivity index (χ3v) is 5.34.